The van der Waals surface area contributed by atoms with Gasteiger partial charge in [-0.2, -0.15) is 8.78 Å². The number of nitrogens with one attached hydrogen (secondary N) is 1. The third-order valence-corrected chi connectivity index (χ3v) is 2.10. The summed E-state index contributed by atoms with van der Waals surface area (Å²) >= 11 is 1.99. The third-order valence-electron chi connectivity index (χ3n) is 1.74. The summed E-state index contributed by atoms with van der Waals surface area (Å²) in [5, 5.41) is 2.13. The van der Waals surface area contributed by atoms with Crippen molar-refractivity contribution in [3.8, 4) is 0 Å². The lowest BCUT2D eigenvalue weighted by Gasteiger charge is -2.10. The number of carbonyl (C=O) groups is 1. The number of amides is 1. The van der Waals surface area contributed by atoms with Gasteiger partial charge in [-0.25, -0.2) is 0 Å². The minimum absolute atomic E-state index is 0.372. The van der Waals surface area contributed by atoms with Crippen molar-refractivity contribution in [2.24, 2.45) is 0 Å². The highest BCUT2D eigenvalue weighted by Gasteiger charge is 2.34. The van der Waals surface area contributed by atoms with Gasteiger partial charge in [0.15, 0.2) is 0 Å². The summed E-state index contributed by atoms with van der Waals surface area (Å²) in [6.45, 7) is 3.66. The van der Waals surface area contributed by atoms with Crippen LogP contribution in [0.4, 0.5) is 14.5 Å². The number of carbonyl (C=O) groups excluding carboxylic acids is 1. The Balaban J connectivity index is 2.86. The van der Waals surface area contributed by atoms with Crippen molar-refractivity contribution in [3.63, 3.8) is 0 Å². The Morgan fingerprint density at radius 1 is 1.27 bits per heavy atom. The van der Waals surface area contributed by atoms with Crippen molar-refractivity contribution in [2.45, 2.75) is 18.7 Å². The average molecular weight is 278 g/mol. The van der Waals surface area contributed by atoms with E-state index in [1.807, 2.05) is 35.8 Å². The molecule has 0 aromatic heterocycles. The zero-order chi connectivity index (χ0) is 11.6. The smallest absolute Gasteiger partial charge is 0.320 e. The zero-order valence-corrected chi connectivity index (χ0v) is 9.86. The summed E-state index contributed by atoms with van der Waals surface area (Å²) < 4.78 is 25.0. The van der Waals surface area contributed by atoms with Crippen LogP contribution in [0.25, 0.3) is 0 Å². The van der Waals surface area contributed by atoms with Crippen molar-refractivity contribution in [1.29, 1.82) is 0 Å². The molecular formula is C10H10BrF2NO. The Kier molecular flexibility index (Phi) is 3.44. The number of hydrogen-bond donors (Lipinski definition) is 1. The third kappa shape index (κ3) is 3.58. The molecule has 1 aromatic carbocycles. The van der Waals surface area contributed by atoms with Crippen LogP contribution in [0.15, 0.2) is 18.2 Å². The molecule has 0 saturated heterocycles. The van der Waals surface area contributed by atoms with E-state index in [9.17, 15) is 13.6 Å². The number of rotatable bonds is 2. The van der Waals surface area contributed by atoms with Gasteiger partial charge in [0.25, 0.3) is 0 Å². The Hall–Kier alpha value is -0.970. The second-order valence-corrected chi connectivity index (χ2v) is 4.32. The zero-order valence-electron chi connectivity index (χ0n) is 8.27. The van der Waals surface area contributed by atoms with Gasteiger partial charge >= 0.3 is 10.7 Å². The number of aryl methyl sites for hydroxylation is 2. The van der Waals surface area contributed by atoms with Crippen LogP contribution in [0.1, 0.15) is 11.1 Å². The van der Waals surface area contributed by atoms with Crippen LogP contribution < -0.4 is 5.32 Å². The topological polar surface area (TPSA) is 29.1 Å². The molecule has 1 aromatic rings. The molecule has 0 aliphatic heterocycles. The van der Waals surface area contributed by atoms with Crippen LogP contribution in [0, 0.1) is 13.8 Å². The molecular weight excluding hydrogens is 268 g/mol. The van der Waals surface area contributed by atoms with Gasteiger partial charge in [-0.05, 0) is 37.1 Å². The highest BCUT2D eigenvalue weighted by molar-refractivity contribution is 9.10. The van der Waals surface area contributed by atoms with E-state index in [4.69, 9.17) is 0 Å². The normalized spacial score (nSPS) is 11.3. The maximum absolute atomic E-state index is 12.5. The average Bonchev–Trinajstić information content (AvgIpc) is 1.99. The Labute approximate surface area is 94.8 Å². The predicted molar refractivity (Wildman–Crippen MR) is 58.4 cm³/mol. The summed E-state index contributed by atoms with van der Waals surface area (Å²) in [7, 11) is 0. The largest absolute Gasteiger partial charge is 0.378 e. The van der Waals surface area contributed by atoms with E-state index in [1.54, 1.807) is 12.1 Å². The molecule has 1 rings (SSSR count). The molecule has 1 N–H and O–H groups in total. The van der Waals surface area contributed by atoms with Crippen LogP contribution in [0.2, 0.25) is 0 Å². The summed E-state index contributed by atoms with van der Waals surface area (Å²) in [6.07, 6.45) is 0. The number of anilines is 1. The van der Waals surface area contributed by atoms with E-state index in [-0.39, 0.29) is 0 Å². The first-order chi connectivity index (χ1) is 6.79. The highest BCUT2D eigenvalue weighted by Crippen LogP contribution is 2.24. The van der Waals surface area contributed by atoms with E-state index >= 15 is 0 Å². The molecule has 0 unspecified atom stereocenters. The van der Waals surface area contributed by atoms with E-state index in [0.717, 1.165) is 11.1 Å². The fourth-order valence-electron chi connectivity index (χ4n) is 1.25. The van der Waals surface area contributed by atoms with Crippen molar-refractivity contribution >= 4 is 27.5 Å². The van der Waals surface area contributed by atoms with Gasteiger partial charge in [-0.15, -0.1) is 0 Å². The highest BCUT2D eigenvalue weighted by atomic mass is 79.9. The second-order valence-electron chi connectivity index (χ2n) is 3.33. The van der Waals surface area contributed by atoms with E-state index in [0.29, 0.717) is 5.69 Å². The van der Waals surface area contributed by atoms with Gasteiger partial charge in [-0.3, -0.25) is 4.79 Å². The number of hydrogen-bond acceptors (Lipinski definition) is 1. The van der Waals surface area contributed by atoms with Crippen LogP contribution >= 0.6 is 15.9 Å². The van der Waals surface area contributed by atoms with Crippen LogP contribution in [-0.2, 0) is 4.79 Å². The summed E-state index contributed by atoms with van der Waals surface area (Å²) in [5.74, 6) is -1.37. The number of halogens is 3. The van der Waals surface area contributed by atoms with Crippen LogP contribution in [0.3, 0.4) is 0 Å². The van der Waals surface area contributed by atoms with Crippen molar-refractivity contribution in [2.75, 3.05) is 5.32 Å². The Morgan fingerprint density at radius 3 is 2.13 bits per heavy atom. The first kappa shape index (κ1) is 12.1. The molecule has 0 aliphatic carbocycles. The van der Waals surface area contributed by atoms with Gasteiger partial charge in [0, 0.05) is 21.6 Å². The fourth-order valence-corrected chi connectivity index (χ4v) is 1.35. The van der Waals surface area contributed by atoms with E-state index in [2.05, 4.69) is 5.32 Å². The minimum atomic E-state index is -3.54. The molecule has 2 nitrogen and oxygen atoms in total. The summed E-state index contributed by atoms with van der Waals surface area (Å²) in [6, 6.07) is 5.15. The van der Waals surface area contributed by atoms with Gasteiger partial charge in [0.1, 0.15) is 0 Å². The van der Waals surface area contributed by atoms with Gasteiger partial charge in [0.2, 0.25) is 0 Å². The van der Waals surface area contributed by atoms with Crippen LogP contribution in [-0.4, -0.2) is 10.7 Å². The molecule has 0 atom stereocenters. The maximum atomic E-state index is 12.5. The minimum Gasteiger partial charge on any atom is -0.320 e. The molecule has 82 valence electrons. The molecule has 0 radical (unpaired) electrons. The molecule has 0 saturated carbocycles. The number of benzene rings is 1. The fraction of sp³-hybridized carbons (Fsp3) is 0.300. The lowest BCUT2D eigenvalue weighted by Crippen LogP contribution is -2.28. The standard InChI is InChI=1S/C10H10BrF2NO/c1-6-3-7(2)5-8(4-6)14-9(15)10(11,12)13/h3-5H,1-2H3,(H,14,15). The predicted octanol–water partition coefficient (Wildman–Crippen LogP) is 3.23. The molecule has 0 heterocycles. The lowest BCUT2D eigenvalue weighted by atomic mass is 10.1. The molecule has 0 fully saturated rings. The molecule has 0 aliphatic rings. The molecule has 1 amide bonds. The summed E-state index contributed by atoms with van der Waals surface area (Å²) in [4.78, 5) is 7.41. The van der Waals surface area contributed by atoms with Crippen molar-refractivity contribution < 1.29 is 13.6 Å². The van der Waals surface area contributed by atoms with E-state index < -0.39 is 10.7 Å². The molecule has 0 spiro atoms. The second kappa shape index (κ2) is 4.26. The lowest BCUT2D eigenvalue weighted by molar-refractivity contribution is -0.128. The van der Waals surface area contributed by atoms with Gasteiger partial charge in [0.05, 0.1) is 0 Å². The Bertz CT molecular complexity index is 367. The molecule has 5 heteroatoms. The molecule has 0 bridgehead atoms. The number of alkyl halides is 3. The quantitative estimate of drug-likeness (QED) is 0.827. The van der Waals surface area contributed by atoms with Gasteiger partial charge < -0.3 is 5.32 Å². The van der Waals surface area contributed by atoms with Crippen molar-refractivity contribution in [3.05, 3.63) is 29.3 Å². The maximum Gasteiger partial charge on any atom is 0.378 e. The SMILES string of the molecule is Cc1cc(C)cc(NC(=O)C(F)(F)Br)c1. The monoisotopic (exact) mass is 277 g/mol. The van der Waals surface area contributed by atoms with Crippen molar-refractivity contribution in [1.82, 2.24) is 0 Å². The first-order valence-corrected chi connectivity index (χ1v) is 5.05. The van der Waals surface area contributed by atoms with Gasteiger partial charge in [-0.1, -0.05) is 6.07 Å². The molecule has 15 heavy (non-hydrogen) atoms. The first-order valence-electron chi connectivity index (χ1n) is 4.25. The van der Waals surface area contributed by atoms with Crippen LogP contribution in [0.5, 0.6) is 0 Å². The van der Waals surface area contributed by atoms with E-state index in [1.165, 1.54) is 0 Å². The Morgan fingerprint density at radius 2 is 1.73 bits per heavy atom. The summed E-state index contributed by atoms with van der Waals surface area (Å²) in [5.41, 5.74) is 2.18.